The van der Waals surface area contributed by atoms with Crippen molar-refractivity contribution in [3.63, 3.8) is 0 Å². The minimum Gasteiger partial charge on any atom is -0.484 e. The second kappa shape index (κ2) is 9.28. The van der Waals surface area contributed by atoms with Crippen molar-refractivity contribution >= 4 is 21.6 Å². The minimum absolute atomic E-state index is 0.0873. The number of nitrogens with one attached hydrogen (secondary N) is 1. The molecule has 2 aromatic rings. The lowest BCUT2D eigenvalue weighted by Crippen LogP contribution is -2.35. The minimum atomic E-state index is -3.65. The zero-order valence-corrected chi connectivity index (χ0v) is 17.4. The Bertz CT molecular complexity index is 921. The Balaban J connectivity index is 1.54. The molecular weight excluding hydrogens is 392 g/mol. The maximum atomic E-state index is 12.8. The van der Waals surface area contributed by atoms with Gasteiger partial charge in [0.1, 0.15) is 5.75 Å². The molecule has 29 heavy (non-hydrogen) atoms. The molecule has 2 aromatic carbocycles. The molecule has 8 heteroatoms. The molecule has 0 radical (unpaired) electrons. The second-order valence-electron chi connectivity index (χ2n) is 7.01. The van der Waals surface area contributed by atoms with Crippen molar-refractivity contribution < 1.29 is 22.7 Å². The molecule has 0 saturated carbocycles. The van der Waals surface area contributed by atoms with E-state index < -0.39 is 10.0 Å². The maximum absolute atomic E-state index is 12.8. The summed E-state index contributed by atoms with van der Waals surface area (Å²) in [6.07, 6.45) is 2.07. The summed E-state index contributed by atoms with van der Waals surface area (Å²) in [4.78, 5) is 12.1. The number of anilines is 1. The first-order chi connectivity index (χ1) is 13.9. The Hall–Kier alpha value is -2.58. The number of sulfonamides is 1. The van der Waals surface area contributed by atoms with E-state index in [1.54, 1.807) is 48.5 Å². The van der Waals surface area contributed by atoms with E-state index in [2.05, 4.69) is 5.32 Å². The fourth-order valence-electron chi connectivity index (χ4n) is 2.99. The van der Waals surface area contributed by atoms with E-state index in [1.165, 1.54) is 11.4 Å². The number of ether oxygens (including phenoxy) is 2. The molecule has 1 aliphatic rings. The van der Waals surface area contributed by atoms with Gasteiger partial charge in [-0.1, -0.05) is 17.7 Å². The van der Waals surface area contributed by atoms with E-state index in [9.17, 15) is 13.2 Å². The van der Waals surface area contributed by atoms with Crippen molar-refractivity contribution in [1.29, 1.82) is 0 Å². The van der Waals surface area contributed by atoms with Crippen LogP contribution in [0.3, 0.4) is 0 Å². The summed E-state index contributed by atoms with van der Waals surface area (Å²) >= 11 is 0. The third-order valence-corrected chi connectivity index (χ3v) is 6.60. The van der Waals surface area contributed by atoms with Crippen molar-refractivity contribution in [2.45, 2.75) is 30.8 Å². The van der Waals surface area contributed by atoms with Gasteiger partial charge < -0.3 is 14.8 Å². The largest absolute Gasteiger partial charge is 0.484 e. The lowest BCUT2D eigenvalue weighted by Gasteiger charge is -2.20. The Morgan fingerprint density at radius 2 is 1.86 bits per heavy atom. The Morgan fingerprint density at radius 1 is 1.17 bits per heavy atom. The highest BCUT2D eigenvalue weighted by Crippen LogP contribution is 2.24. The van der Waals surface area contributed by atoms with Crippen LogP contribution in [-0.4, -0.2) is 47.2 Å². The molecule has 0 unspecified atom stereocenters. The van der Waals surface area contributed by atoms with E-state index in [0.29, 0.717) is 18.0 Å². The van der Waals surface area contributed by atoms with Gasteiger partial charge in [0, 0.05) is 20.2 Å². The summed E-state index contributed by atoms with van der Waals surface area (Å²) in [7, 11) is -2.14. The van der Waals surface area contributed by atoms with Gasteiger partial charge in [-0.15, -0.1) is 0 Å². The highest BCUT2D eigenvalue weighted by atomic mass is 32.2. The summed E-state index contributed by atoms with van der Waals surface area (Å²) < 4.78 is 37.7. The number of nitrogens with zero attached hydrogens (tertiary/aromatic N) is 1. The fraction of sp³-hybridized carbons (Fsp3) is 0.381. The van der Waals surface area contributed by atoms with Gasteiger partial charge in [-0.05, 0) is 56.2 Å². The molecule has 1 fully saturated rings. The summed E-state index contributed by atoms with van der Waals surface area (Å²) in [6.45, 7) is 3.03. The molecule has 7 nitrogen and oxygen atoms in total. The topological polar surface area (TPSA) is 84.9 Å². The molecule has 0 aliphatic carbocycles. The van der Waals surface area contributed by atoms with Gasteiger partial charge >= 0.3 is 0 Å². The first kappa shape index (κ1) is 21.1. The molecule has 156 valence electrons. The molecule has 1 N–H and O–H groups in total. The average molecular weight is 419 g/mol. The lowest BCUT2D eigenvalue weighted by atomic mass is 10.2. The van der Waals surface area contributed by atoms with Gasteiger partial charge in [-0.3, -0.25) is 9.10 Å². The molecule has 0 aromatic heterocycles. The van der Waals surface area contributed by atoms with E-state index >= 15 is 0 Å². The first-order valence-electron chi connectivity index (χ1n) is 9.53. The molecule has 1 amide bonds. The highest BCUT2D eigenvalue weighted by molar-refractivity contribution is 7.92. The van der Waals surface area contributed by atoms with Crippen molar-refractivity contribution in [3.8, 4) is 5.75 Å². The van der Waals surface area contributed by atoms with Crippen LogP contribution in [0.4, 0.5) is 5.69 Å². The number of benzene rings is 2. The molecule has 1 atom stereocenters. The maximum Gasteiger partial charge on any atom is 0.264 e. The molecule has 0 spiro atoms. The van der Waals surface area contributed by atoms with Crippen LogP contribution in [0.5, 0.6) is 5.75 Å². The van der Waals surface area contributed by atoms with Crippen molar-refractivity contribution in [2.24, 2.45) is 0 Å². The number of amides is 1. The van der Waals surface area contributed by atoms with E-state index in [0.717, 1.165) is 25.0 Å². The molecule has 1 saturated heterocycles. The van der Waals surface area contributed by atoms with E-state index in [4.69, 9.17) is 9.47 Å². The SMILES string of the molecule is Cc1ccc(S(=O)(=O)N(C)c2ccc(OCC(=O)NC[C@H]3CCCO3)cc2)cc1. The number of aryl methyl sites for hydroxylation is 1. The fourth-order valence-corrected chi connectivity index (χ4v) is 4.19. The lowest BCUT2D eigenvalue weighted by molar-refractivity contribution is -0.123. The van der Waals surface area contributed by atoms with Gasteiger partial charge in [-0.2, -0.15) is 0 Å². The number of rotatable bonds is 8. The quantitative estimate of drug-likeness (QED) is 0.712. The van der Waals surface area contributed by atoms with Crippen LogP contribution in [0.25, 0.3) is 0 Å². The van der Waals surface area contributed by atoms with E-state index in [1.807, 2.05) is 6.92 Å². The summed E-state index contributed by atoms with van der Waals surface area (Å²) in [5.74, 6) is 0.269. The first-order valence-corrected chi connectivity index (χ1v) is 11.0. The molecule has 0 bridgehead atoms. The van der Waals surface area contributed by atoms with Crippen LogP contribution in [0.15, 0.2) is 53.4 Å². The second-order valence-corrected chi connectivity index (χ2v) is 8.98. The van der Waals surface area contributed by atoms with Crippen LogP contribution >= 0.6 is 0 Å². The third-order valence-electron chi connectivity index (χ3n) is 4.80. The monoisotopic (exact) mass is 418 g/mol. The number of hydrogen-bond donors (Lipinski definition) is 1. The third kappa shape index (κ3) is 5.48. The van der Waals surface area contributed by atoms with Crippen LogP contribution in [0, 0.1) is 6.92 Å². The highest BCUT2D eigenvalue weighted by Gasteiger charge is 2.21. The van der Waals surface area contributed by atoms with Crippen LogP contribution in [0.1, 0.15) is 18.4 Å². The van der Waals surface area contributed by atoms with E-state index in [-0.39, 0.29) is 23.5 Å². The van der Waals surface area contributed by atoms with Crippen LogP contribution in [-0.2, 0) is 19.6 Å². The van der Waals surface area contributed by atoms with Gasteiger partial charge in [0.25, 0.3) is 15.9 Å². The van der Waals surface area contributed by atoms with Crippen molar-refractivity contribution in [3.05, 3.63) is 54.1 Å². The smallest absolute Gasteiger partial charge is 0.264 e. The molecule has 3 rings (SSSR count). The predicted octanol–water partition coefficient (Wildman–Crippen LogP) is 2.49. The Kier molecular flexibility index (Phi) is 6.76. The molecule has 1 heterocycles. The average Bonchev–Trinajstić information content (AvgIpc) is 3.24. The van der Waals surface area contributed by atoms with Crippen LogP contribution in [0.2, 0.25) is 0 Å². The Morgan fingerprint density at radius 3 is 2.48 bits per heavy atom. The predicted molar refractivity (Wildman–Crippen MR) is 111 cm³/mol. The normalized spacial score (nSPS) is 16.4. The van der Waals surface area contributed by atoms with Gasteiger partial charge in [0.05, 0.1) is 16.7 Å². The van der Waals surface area contributed by atoms with Crippen molar-refractivity contribution in [2.75, 3.05) is 31.1 Å². The van der Waals surface area contributed by atoms with Gasteiger partial charge in [-0.25, -0.2) is 8.42 Å². The molecular formula is C21H26N2O5S. The number of hydrogen-bond acceptors (Lipinski definition) is 5. The standard InChI is InChI=1S/C21H26N2O5S/c1-16-5-11-20(12-6-16)29(25,26)23(2)17-7-9-18(10-8-17)28-15-21(24)22-14-19-4-3-13-27-19/h5-12,19H,3-4,13-15H2,1-2H3,(H,22,24)/t19-/m1/s1. The summed E-state index contributed by atoms with van der Waals surface area (Å²) in [5.41, 5.74) is 1.49. The summed E-state index contributed by atoms with van der Waals surface area (Å²) in [5, 5.41) is 2.79. The summed E-state index contributed by atoms with van der Waals surface area (Å²) in [6, 6.07) is 13.3. The zero-order chi connectivity index (χ0) is 20.9. The Labute approximate surface area is 171 Å². The number of carbonyl (C=O) groups excluding carboxylic acids is 1. The van der Waals surface area contributed by atoms with Crippen molar-refractivity contribution in [1.82, 2.24) is 5.32 Å². The van der Waals surface area contributed by atoms with Gasteiger partial charge in [0.2, 0.25) is 0 Å². The molecule has 1 aliphatic heterocycles. The number of carbonyl (C=O) groups is 1. The zero-order valence-electron chi connectivity index (χ0n) is 16.6. The van der Waals surface area contributed by atoms with Crippen LogP contribution < -0.4 is 14.4 Å². The van der Waals surface area contributed by atoms with Gasteiger partial charge in [0.15, 0.2) is 6.61 Å².